The largest absolute Gasteiger partial charge is 0.464 e. The van der Waals surface area contributed by atoms with Gasteiger partial charge in [0, 0.05) is 6.10 Å². The summed E-state index contributed by atoms with van der Waals surface area (Å²) >= 11 is 0. The van der Waals surface area contributed by atoms with Gasteiger partial charge >= 0.3 is 5.97 Å². The highest BCUT2D eigenvalue weighted by Gasteiger charge is 2.45. The lowest BCUT2D eigenvalue weighted by molar-refractivity contribution is -0.159. The molecule has 0 unspecified atom stereocenters. The molecule has 0 saturated carbocycles. The first-order valence-electron chi connectivity index (χ1n) is 10.7. The van der Waals surface area contributed by atoms with E-state index in [1.54, 1.807) is 6.92 Å². The zero-order chi connectivity index (χ0) is 21.2. The van der Waals surface area contributed by atoms with Gasteiger partial charge in [0.25, 0.3) is 0 Å². The SMILES string of the molecule is CCOC(=O)[C@H](O)[C@@H](O)CCCCC[C@@H](C)O[Si](C(C)C)(C(C)C)C(C)C. The van der Waals surface area contributed by atoms with Crippen molar-refractivity contribution in [3.05, 3.63) is 0 Å². The summed E-state index contributed by atoms with van der Waals surface area (Å²) in [6.45, 7) is 17.9. The van der Waals surface area contributed by atoms with Gasteiger partial charge in [-0.1, -0.05) is 60.8 Å². The number of carbonyl (C=O) groups is 1. The van der Waals surface area contributed by atoms with Crippen LogP contribution in [0, 0.1) is 0 Å². The van der Waals surface area contributed by atoms with Gasteiger partial charge in [-0.2, -0.15) is 0 Å². The molecule has 0 aliphatic rings. The number of ether oxygens (including phenoxy) is 1. The van der Waals surface area contributed by atoms with Crippen LogP contribution in [0.15, 0.2) is 0 Å². The summed E-state index contributed by atoms with van der Waals surface area (Å²) in [5.41, 5.74) is 1.75. The highest BCUT2D eigenvalue weighted by atomic mass is 28.4. The van der Waals surface area contributed by atoms with Crippen LogP contribution in [0.4, 0.5) is 0 Å². The molecule has 0 aromatic heterocycles. The number of hydrogen-bond acceptors (Lipinski definition) is 5. The minimum atomic E-state index is -1.84. The van der Waals surface area contributed by atoms with E-state index >= 15 is 0 Å². The van der Waals surface area contributed by atoms with Gasteiger partial charge in [0.2, 0.25) is 8.32 Å². The van der Waals surface area contributed by atoms with Crippen LogP contribution in [-0.4, -0.2) is 49.4 Å². The summed E-state index contributed by atoms with van der Waals surface area (Å²) in [5, 5.41) is 19.6. The lowest BCUT2D eigenvalue weighted by Gasteiger charge is -2.44. The Bertz CT molecular complexity index is 390. The van der Waals surface area contributed by atoms with Crippen LogP contribution in [0.2, 0.25) is 16.6 Å². The maximum atomic E-state index is 11.4. The fourth-order valence-corrected chi connectivity index (χ4v) is 9.95. The zero-order valence-electron chi connectivity index (χ0n) is 18.8. The van der Waals surface area contributed by atoms with Gasteiger partial charge in [0.1, 0.15) is 0 Å². The van der Waals surface area contributed by atoms with Crippen LogP contribution in [-0.2, 0) is 14.0 Å². The first-order chi connectivity index (χ1) is 12.5. The molecule has 2 N–H and O–H groups in total. The molecule has 27 heavy (non-hydrogen) atoms. The molecule has 5 nitrogen and oxygen atoms in total. The number of carbonyl (C=O) groups excluding carboxylic acids is 1. The molecule has 0 heterocycles. The molecule has 0 aliphatic heterocycles. The molecule has 0 spiro atoms. The van der Waals surface area contributed by atoms with Crippen LogP contribution >= 0.6 is 0 Å². The Kier molecular flexibility index (Phi) is 12.7. The Morgan fingerprint density at radius 2 is 1.33 bits per heavy atom. The number of unbranched alkanes of at least 4 members (excludes halogenated alkanes) is 2. The number of hydrogen-bond donors (Lipinski definition) is 2. The van der Waals surface area contributed by atoms with Crippen LogP contribution in [0.1, 0.15) is 87.5 Å². The van der Waals surface area contributed by atoms with Gasteiger partial charge in [-0.15, -0.1) is 0 Å². The van der Waals surface area contributed by atoms with Crippen LogP contribution < -0.4 is 0 Å². The monoisotopic (exact) mass is 404 g/mol. The smallest absolute Gasteiger partial charge is 0.337 e. The summed E-state index contributed by atoms with van der Waals surface area (Å²) in [5.74, 6) is -0.746. The highest BCUT2D eigenvalue weighted by molar-refractivity contribution is 6.77. The third kappa shape index (κ3) is 8.22. The molecule has 162 valence electrons. The molecule has 0 aliphatic carbocycles. The molecule has 0 amide bonds. The summed E-state index contributed by atoms with van der Waals surface area (Å²) in [7, 11) is -1.84. The van der Waals surface area contributed by atoms with Crippen molar-refractivity contribution >= 4 is 14.3 Å². The quantitative estimate of drug-likeness (QED) is 0.247. The van der Waals surface area contributed by atoms with Crippen LogP contribution in [0.25, 0.3) is 0 Å². The Morgan fingerprint density at radius 3 is 1.78 bits per heavy atom. The predicted molar refractivity (Wildman–Crippen MR) is 113 cm³/mol. The topological polar surface area (TPSA) is 76.0 Å². The van der Waals surface area contributed by atoms with E-state index in [-0.39, 0.29) is 12.7 Å². The summed E-state index contributed by atoms with van der Waals surface area (Å²) in [6, 6.07) is 0. The van der Waals surface area contributed by atoms with E-state index in [4.69, 9.17) is 9.16 Å². The Labute approximate surface area is 168 Å². The number of aliphatic hydroxyl groups is 2. The summed E-state index contributed by atoms with van der Waals surface area (Å²) in [4.78, 5) is 11.4. The normalized spacial score (nSPS) is 16.0. The van der Waals surface area contributed by atoms with Crippen molar-refractivity contribution in [1.82, 2.24) is 0 Å². The van der Waals surface area contributed by atoms with Crippen molar-refractivity contribution in [2.45, 2.75) is 122 Å². The molecule has 6 heteroatoms. The van der Waals surface area contributed by atoms with Gasteiger partial charge < -0.3 is 19.4 Å². The van der Waals surface area contributed by atoms with Gasteiger partial charge in [0.05, 0.1) is 12.7 Å². The van der Waals surface area contributed by atoms with Gasteiger partial charge in [-0.05, 0) is 43.3 Å². The molecular formula is C21H44O5Si. The second-order valence-electron chi connectivity index (χ2n) is 8.65. The molecule has 0 aromatic carbocycles. The maximum absolute atomic E-state index is 11.4. The van der Waals surface area contributed by atoms with E-state index < -0.39 is 26.5 Å². The lowest BCUT2D eigenvalue weighted by Crippen LogP contribution is -2.49. The predicted octanol–water partition coefficient (Wildman–Crippen LogP) is 4.80. The summed E-state index contributed by atoms with van der Waals surface area (Å²) in [6.07, 6.45) is 1.87. The molecule has 0 fully saturated rings. The Morgan fingerprint density at radius 1 is 0.852 bits per heavy atom. The second kappa shape index (κ2) is 12.9. The molecule has 0 rings (SSSR count). The number of aliphatic hydroxyl groups excluding tert-OH is 2. The van der Waals surface area contributed by atoms with Crippen molar-refractivity contribution < 1.29 is 24.2 Å². The van der Waals surface area contributed by atoms with Crippen molar-refractivity contribution in [2.24, 2.45) is 0 Å². The average Bonchev–Trinajstić information content (AvgIpc) is 2.57. The fraction of sp³-hybridized carbons (Fsp3) is 0.952. The van der Waals surface area contributed by atoms with Crippen molar-refractivity contribution in [2.75, 3.05) is 6.61 Å². The van der Waals surface area contributed by atoms with Crippen LogP contribution in [0.5, 0.6) is 0 Å². The van der Waals surface area contributed by atoms with Gasteiger partial charge in [0.15, 0.2) is 6.10 Å². The minimum Gasteiger partial charge on any atom is -0.464 e. The van der Waals surface area contributed by atoms with E-state index in [0.717, 1.165) is 25.7 Å². The molecule has 0 saturated heterocycles. The standard InChI is InChI=1S/C21H44O5Si/c1-9-25-21(24)20(23)19(22)14-12-10-11-13-18(8)26-27(15(2)3,16(4)5)17(6)7/h15-20,22-23H,9-14H2,1-8H3/t18-,19+,20-/m1/s1. The van der Waals surface area contributed by atoms with Crippen molar-refractivity contribution in [3.8, 4) is 0 Å². The average molecular weight is 405 g/mol. The fourth-order valence-electron chi connectivity index (χ4n) is 4.32. The zero-order valence-corrected chi connectivity index (χ0v) is 19.8. The second-order valence-corrected chi connectivity index (χ2v) is 14.1. The van der Waals surface area contributed by atoms with E-state index in [0.29, 0.717) is 23.0 Å². The van der Waals surface area contributed by atoms with Crippen molar-refractivity contribution in [3.63, 3.8) is 0 Å². The van der Waals surface area contributed by atoms with E-state index in [1.165, 1.54) is 0 Å². The first-order valence-corrected chi connectivity index (χ1v) is 12.8. The third-order valence-electron chi connectivity index (χ3n) is 5.62. The number of rotatable bonds is 14. The molecule has 3 atom stereocenters. The minimum absolute atomic E-state index is 0.203. The number of esters is 1. The van der Waals surface area contributed by atoms with E-state index in [1.807, 2.05) is 0 Å². The van der Waals surface area contributed by atoms with Crippen molar-refractivity contribution in [1.29, 1.82) is 0 Å². The molecular weight excluding hydrogens is 360 g/mol. The van der Waals surface area contributed by atoms with E-state index in [2.05, 4.69) is 48.5 Å². The highest BCUT2D eigenvalue weighted by Crippen LogP contribution is 2.43. The van der Waals surface area contributed by atoms with Gasteiger partial charge in [-0.25, -0.2) is 4.79 Å². The lowest BCUT2D eigenvalue weighted by atomic mass is 10.0. The summed E-state index contributed by atoms with van der Waals surface area (Å²) < 4.78 is 11.5. The van der Waals surface area contributed by atoms with Crippen LogP contribution in [0.3, 0.4) is 0 Å². The van der Waals surface area contributed by atoms with E-state index in [9.17, 15) is 15.0 Å². The Hall–Kier alpha value is -0.433. The van der Waals surface area contributed by atoms with Gasteiger partial charge in [-0.3, -0.25) is 0 Å². The molecule has 0 radical (unpaired) electrons. The Balaban J connectivity index is 4.33. The maximum Gasteiger partial charge on any atom is 0.337 e. The first kappa shape index (κ1) is 26.6. The molecule has 0 bridgehead atoms. The third-order valence-corrected chi connectivity index (χ3v) is 11.8. The molecule has 0 aromatic rings.